The molecule has 0 fully saturated rings. The van der Waals surface area contributed by atoms with Gasteiger partial charge in [-0.1, -0.05) is 6.07 Å². The van der Waals surface area contributed by atoms with Crippen LogP contribution < -0.4 is 24.8 Å². The predicted octanol–water partition coefficient (Wildman–Crippen LogP) is 3.46. The quantitative estimate of drug-likeness (QED) is 0.270. The molecule has 0 aliphatic rings. The molecule has 10 nitrogen and oxygen atoms in total. The highest BCUT2D eigenvalue weighted by Gasteiger charge is 2.26. The molecule has 3 rings (SSSR count). The number of nitrogens with one attached hydrogen (secondary N) is 1. The van der Waals surface area contributed by atoms with Gasteiger partial charge in [0, 0.05) is 31.4 Å². The maximum absolute atomic E-state index is 15.0. The molecule has 34 heavy (non-hydrogen) atoms. The summed E-state index contributed by atoms with van der Waals surface area (Å²) in [5, 5.41) is 26.4. The molecule has 5 N–H and O–H groups in total. The van der Waals surface area contributed by atoms with E-state index in [4.69, 9.17) is 30.5 Å². The lowest BCUT2D eigenvalue weighted by molar-refractivity contribution is -0.139. The number of hydrogen-bond donors (Lipinski definition) is 4. The summed E-state index contributed by atoms with van der Waals surface area (Å²) >= 11 is 0. The van der Waals surface area contributed by atoms with Crippen molar-refractivity contribution in [2.75, 3.05) is 25.6 Å². The molecule has 0 atom stereocenters. The van der Waals surface area contributed by atoms with Crippen molar-refractivity contribution < 1.29 is 38.0 Å². The smallest absolute Gasteiger partial charge is 0.341 e. The molecule has 0 amide bonds. The molecule has 0 saturated heterocycles. The van der Waals surface area contributed by atoms with Crippen molar-refractivity contribution in [2.45, 2.75) is 0 Å². The molecule has 0 radical (unpaired) electrons. The summed E-state index contributed by atoms with van der Waals surface area (Å²) in [6, 6.07) is 10.1. The lowest BCUT2D eigenvalue weighted by atomic mass is 10.2. The van der Waals surface area contributed by atoms with E-state index in [0.29, 0.717) is 5.69 Å². The minimum Gasteiger partial charge on any atom is -0.504 e. The number of anilines is 1. The zero-order valence-electron chi connectivity index (χ0n) is 18.0. The second-order valence-electron chi connectivity index (χ2n) is 7.05. The molecule has 0 unspecified atom stereocenters. The highest BCUT2D eigenvalue weighted by molar-refractivity contribution is 5.95. The third kappa shape index (κ3) is 5.41. The number of nitrogens with zero attached hydrogens (tertiary/aromatic N) is 2. The normalized spacial score (nSPS) is 10.5. The van der Waals surface area contributed by atoms with Crippen LogP contribution in [0.1, 0.15) is 5.56 Å². The Hall–Kier alpha value is -4.61. The molecule has 1 aromatic heterocycles. The molecule has 0 saturated carbocycles. The third-order valence-electron chi connectivity index (χ3n) is 4.34. The van der Waals surface area contributed by atoms with Gasteiger partial charge in [-0.2, -0.15) is 13.8 Å². The van der Waals surface area contributed by atoms with Gasteiger partial charge in [0.05, 0.1) is 0 Å². The van der Waals surface area contributed by atoms with E-state index in [2.05, 4.69) is 4.98 Å². The number of rotatable bonds is 9. The topological polar surface area (TPSA) is 151 Å². The summed E-state index contributed by atoms with van der Waals surface area (Å²) in [6.07, 6.45) is 0. The number of nitrogens with two attached hydrogens (primary N) is 1. The Morgan fingerprint density at radius 1 is 1.12 bits per heavy atom. The molecule has 0 aliphatic carbocycles. The number of halogens is 2. The Balaban J connectivity index is 2.08. The maximum atomic E-state index is 15.0. The van der Waals surface area contributed by atoms with E-state index in [0.717, 1.165) is 12.1 Å². The van der Waals surface area contributed by atoms with Crippen LogP contribution in [-0.4, -0.2) is 47.7 Å². The number of pyridine rings is 1. The molecule has 0 bridgehead atoms. The number of aromatic hydroxyl groups is 1. The van der Waals surface area contributed by atoms with Crippen LogP contribution in [0.4, 0.5) is 14.5 Å². The molecule has 2 aromatic carbocycles. The van der Waals surface area contributed by atoms with Crippen LogP contribution in [0.5, 0.6) is 34.8 Å². The van der Waals surface area contributed by atoms with Crippen LogP contribution >= 0.6 is 0 Å². The summed E-state index contributed by atoms with van der Waals surface area (Å²) in [6.45, 7) is -1.06. The van der Waals surface area contributed by atoms with E-state index in [9.17, 15) is 18.7 Å². The second kappa shape index (κ2) is 9.90. The van der Waals surface area contributed by atoms with Crippen molar-refractivity contribution in [2.24, 2.45) is 5.73 Å². The van der Waals surface area contributed by atoms with Gasteiger partial charge in [0.15, 0.2) is 18.1 Å². The SMILES string of the molecule is CN(C)c1cccc(Oc2nc(Oc3cc(C(=N)N)ccc3O)c(F)c(OCC(=O)O)c2F)c1. The van der Waals surface area contributed by atoms with Crippen molar-refractivity contribution >= 4 is 17.5 Å². The highest BCUT2D eigenvalue weighted by atomic mass is 19.1. The standard InChI is InChI=1S/C22H20F2N4O6/c1-28(2)12-4-3-5-13(9-12)33-21-17(23)19(32-10-16(30)31)18(24)22(27-21)34-15-8-11(20(25)26)6-7-14(15)29/h3-9,29H,10H2,1-2H3,(H3,25,26)(H,30,31). The first-order valence-electron chi connectivity index (χ1n) is 9.61. The van der Waals surface area contributed by atoms with Crippen molar-refractivity contribution in [3.05, 3.63) is 59.7 Å². The maximum Gasteiger partial charge on any atom is 0.341 e. The largest absolute Gasteiger partial charge is 0.504 e. The number of aromatic nitrogens is 1. The first-order valence-corrected chi connectivity index (χ1v) is 9.61. The first-order chi connectivity index (χ1) is 16.1. The zero-order chi connectivity index (χ0) is 25.0. The summed E-state index contributed by atoms with van der Waals surface area (Å²) in [4.78, 5) is 16.4. The number of phenolic OH excluding ortho intramolecular Hbond substituents is 1. The van der Waals surface area contributed by atoms with Gasteiger partial charge < -0.3 is 35.1 Å². The lowest BCUT2D eigenvalue weighted by Crippen LogP contribution is -2.13. The number of carbonyl (C=O) groups is 1. The van der Waals surface area contributed by atoms with E-state index in [1.165, 1.54) is 12.1 Å². The van der Waals surface area contributed by atoms with Crippen LogP contribution in [-0.2, 0) is 4.79 Å². The van der Waals surface area contributed by atoms with Crippen LogP contribution in [0.15, 0.2) is 42.5 Å². The summed E-state index contributed by atoms with van der Waals surface area (Å²) in [5.41, 5.74) is 6.28. The number of phenols is 1. The van der Waals surface area contributed by atoms with Crippen molar-refractivity contribution in [3.8, 4) is 34.8 Å². The van der Waals surface area contributed by atoms with Gasteiger partial charge in [0.25, 0.3) is 11.8 Å². The molecule has 12 heteroatoms. The van der Waals surface area contributed by atoms with Gasteiger partial charge in [-0.15, -0.1) is 0 Å². The van der Waals surface area contributed by atoms with Crippen LogP contribution in [0.3, 0.4) is 0 Å². The van der Waals surface area contributed by atoms with E-state index >= 15 is 0 Å². The lowest BCUT2D eigenvalue weighted by Gasteiger charge is -2.16. The van der Waals surface area contributed by atoms with E-state index < -0.39 is 47.5 Å². The molecule has 0 spiro atoms. The Bertz CT molecular complexity index is 1250. The van der Waals surface area contributed by atoms with E-state index in [1.54, 1.807) is 37.2 Å². The zero-order valence-corrected chi connectivity index (χ0v) is 18.0. The predicted molar refractivity (Wildman–Crippen MR) is 117 cm³/mol. The number of amidine groups is 1. The Kier molecular flexibility index (Phi) is 7.00. The first kappa shape index (κ1) is 24.0. The van der Waals surface area contributed by atoms with Crippen LogP contribution in [0, 0.1) is 17.0 Å². The van der Waals surface area contributed by atoms with Crippen molar-refractivity contribution in [3.63, 3.8) is 0 Å². The molecular formula is C22H20F2N4O6. The Morgan fingerprint density at radius 2 is 1.79 bits per heavy atom. The Morgan fingerprint density at radius 3 is 2.41 bits per heavy atom. The van der Waals surface area contributed by atoms with Crippen LogP contribution in [0.2, 0.25) is 0 Å². The molecule has 178 valence electrons. The summed E-state index contributed by atoms with van der Waals surface area (Å²) in [5.74, 6) is -8.12. The van der Waals surface area contributed by atoms with E-state index in [-0.39, 0.29) is 22.9 Å². The van der Waals surface area contributed by atoms with Gasteiger partial charge in [-0.05, 0) is 30.3 Å². The second-order valence-corrected chi connectivity index (χ2v) is 7.05. The number of nitrogen functional groups attached to an aromatic ring is 1. The van der Waals surface area contributed by atoms with E-state index in [1.807, 2.05) is 0 Å². The van der Waals surface area contributed by atoms with Crippen molar-refractivity contribution in [1.29, 1.82) is 5.41 Å². The highest BCUT2D eigenvalue weighted by Crippen LogP contribution is 2.39. The fraction of sp³-hybridized carbons (Fsp3) is 0.136. The van der Waals surface area contributed by atoms with Gasteiger partial charge in [-0.25, -0.2) is 4.79 Å². The minimum absolute atomic E-state index is 0.140. The number of benzene rings is 2. The van der Waals surface area contributed by atoms with Crippen molar-refractivity contribution in [1.82, 2.24) is 4.98 Å². The molecular weight excluding hydrogens is 454 g/mol. The number of aliphatic carboxylic acids is 1. The van der Waals surface area contributed by atoms with Gasteiger partial charge in [0.2, 0.25) is 17.4 Å². The number of carboxylic acid groups (broad SMARTS) is 1. The molecule has 0 aliphatic heterocycles. The average molecular weight is 474 g/mol. The fourth-order valence-corrected chi connectivity index (χ4v) is 2.68. The van der Waals surface area contributed by atoms with Gasteiger partial charge in [0.1, 0.15) is 11.6 Å². The van der Waals surface area contributed by atoms with Crippen LogP contribution in [0.25, 0.3) is 0 Å². The summed E-state index contributed by atoms with van der Waals surface area (Å²) < 4.78 is 45.5. The average Bonchev–Trinajstić information content (AvgIpc) is 2.78. The summed E-state index contributed by atoms with van der Waals surface area (Å²) in [7, 11) is 3.56. The number of ether oxygens (including phenoxy) is 3. The Labute approximate surface area is 192 Å². The number of carboxylic acids is 1. The minimum atomic E-state index is -1.48. The third-order valence-corrected chi connectivity index (χ3v) is 4.34. The monoisotopic (exact) mass is 474 g/mol. The number of hydrogen-bond acceptors (Lipinski definition) is 8. The fourth-order valence-electron chi connectivity index (χ4n) is 2.68. The molecule has 3 aromatic rings. The van der Waals surface area contributed by atoms with Gasteiger partial charge in [-0.3, -0.25) is 5.41 Å². The molecule has 1 heterocycles. The van der Waals surface area contributed by atoms with Gasteiger partial charge >= 0.3 is 5.97 Å².